The van der Waals surface area contributed by atoms with Crippen molar-refractivity contribution in [2.45, 2.75) is 20.4 Å². The van der Waals surface area contributed by atoms with Gasteiger partial charge in [-0.25, -0.2) is 9.97 Å². The molecule has 0 spiro atoms. The molecule has 6 nitrogen and oxygen atoms in total. The number of anilines is 1. The quantitative estimate of drug-likeness (QED) is 0.424. The van der Waals surface area contributed by atoms with E-state index in [0.717, 1.165) is 21.4 Å². The zero-order valence-corrected chi connectivity index (χ0v) is 17.4. The van der Waals surface area contributed by atoms with Crippen LogP contribution in [0.3, 0.4) is 0 Å². The molecule has 0 N–H and O–H groups in total. The van der Waals surface area contributed by atoms with Crippen molar-refractivity contribution in [3.05, 3.63) is 89.6 Å². The Labute approximate surface area is 177 Å². The normalized spacial score (nSPS) is 11.3. The Morgan fingerprint density at radius 2 is 2.00 bits per heavy atom. The van der Waals surface area contributed by atoms with Crippen LogP contribution in [0.4, 0.5) is 5.13 Å². The molecule has 30 heavy (non-hydrogen) atoms. The van der Waals surface area contributed by atoms with E-state index in [4.69, 9.17) is 4.98 Å². The number of rotatable bonds is 4. The first-order chi connectivity index (χ1) is 14.6. The lowest BCUT2D eigenvalue weighted by atomic mass is 10.2. The van der Waals surface area contributed by atoms with E-state index in [2.05, 4.69) is 23.0 Å². The molecule has 5 rings (SSSR count). The van der Waals surface area contributed by atoms with Crippen LogP contribution >= 0.6 is 11.3 Å². The Morgan fingerprint density at radius 1 is 1.10 bits per heavy atom. The molecular weight excluding hydrogens is 394 g/mol. The number of fused-ring (bicyclic) bond motifs is 2. The lowest BCUT2D eigenvalue weighted by Gasteiger charge is -2.20. The van der Waals surface area contributed by atoms with Crippen LogP contribution in [0.5, 0.6) is 0 Å². The number of aromatic nitrogens is 4. The largest absolute Gasteiger partial charge is 0.295 e. The molecule has 4 aromatic heterocycles. The van der Waals surface area contributed by atoms with Crippen molar-refractivity contribution in [1.82, 2.24) is 19.4 Å². The maximum absolute atomic E-state index is 13.8. The lowest BCUT2D eigenvalue weighted by molar-refractivity contribution is 0.0979. The third-order valence-electron chi connectivity index (χ3n) is 4.98. The Kier molecular flexibility index (Phi) is 4.52. The molecule has 0 saturated heterocycles. The summed E-state index contributed by atoms with van der Waals surface area (Å²) in [5, 5.41) is 0.662. The van der Waals surface area contributed by atoms with Crippen molar-refractivity contribution >= 4 is 38.2 Å². The molecule has 0 atom stereocenters. The predicted molar refractivity (Wildman–Crippen MR) is 119 cm³/mol. The molecule has 0 saturated carbocycles. The van der Waals surface area contributed by atoms with E-state index in [-0.39, 0.29) is 5.91 Å². The summed E-state index contributed by atoms with van der Waals surface area (Å²) >= 11 is 1.52. The van der Waals surface area contributed by atoms with Gasteiger partial charge in [0.05, 0.1) is 22.5 Å². The van der Waals surface area contributed by atoms with Crippen molar-refractivity contribution in [3.63, 3.8) is 0 Å². The molecular formula is C23H19N5OS. The second-order valence-corrected chi connectivity index (χ2v) is 8.20. The smallest absolute Gasteiger partial charge is 0.279 e. The maximum atomic E-state index is 13.8. The molecule has 0 unspecified atom stereocenters. The zero-order valence-electron chi connectivity index (χ0n) is 16.6. The van der Waals surface area contributed by atoms with Gasteiger partial charge in [0.25, 0.3) is 5.91 Å². The van der Waals surface area contributed by atoms with E-state index in [9.17, 15) is 4.79 Å². The predicted octanol–water partition coefficient (Wildman–Crippen LogP) is 4.80. The molecule has 0 aliphatic rings. The summed E-state index contributed by atoms with van der Waals surface area (Å²) < 4.78 is 2.90. The molecule has 1 amide bonds. The third kappa shape index (κ3) is 3.23. The van der Waals surface area contributed by atoms with Crippen LogP contribution in [0.2, 0.25) is 0 Å². The standard InChI is InChI=1S/C23H19N5OS/c1-15-8-9-18-19(12-15)30-23(26-18)28(14-17-6-5-10-24-13-17)22(29)21-16(2)25-20-7-3-4-11-27(20)21/h3-13H,14H2,1-2H3. The summed E-state index contributed by atoms with van der Waals surface area (Å²) in [6, 6.07) is 15.7. The van der Waals surface area contributed by atoms with Gasteiger partial charge < -0.3 is 0 Å². The van der Waals surface area contributed by atoms with Gasteiger partial charge in [-0.1, -0.05) is 29.5 Å². The molecule has 0 aliphatic heterocycles. The Morgan fingerprint density at radius 3 is 2.83 bits per heavy atom. The summed E-state index contributed by atoms with van der Waals surface area (Å²) in [7, 11) is 0. The minimum Gasteiger partial charge on any atom is -0.295 e. The molecule has 0 aliphatic carbocycles. The fourth-order valence-electron chi connectivity index (χ4n) is 3.53. The highest BCUT2D eigenvalue weighted by molar-refractivity contribution is 7.22. The average molecular weight is 414 g/mol. The highest BCUT2D eigenvalue weighted by Gasteiger charge is 2.26. The van der Waals surface area contributed by atoms with Gasteiger partial charge in [-0.05, 0) is 55.3 Å². The van der Waals surface area contributed by atoms with E-state index >= 15 is 0 Å². The van der Waals surface area contributed by atoms with Crippen LogP contribution in [-0.2, 0) is 6.54 Å². The number of aryl methyl sites for hydroxylation is 2. The lowest BCUT2D eigenvalue weighted by Crippen LogP contribution is -2.31. The second kappa shape index (κ2) is 7.35. The number of thiazole rings is 1. The van der Waals surface area contributed by atoms with E-state index < -0.39 is 0 Å². The Bertz CT molecular complexity index is 1370. The minimum absolute atomic E-state index is 0.133. The molecule has 7 heteroatoms. The number of amides is 1. The number of hydrogen-bond acceptors (Lipinski definition) is 5. The van der Waals surface area contributed by atoms with E-state index in [1.54, 1.807) is 17.3 Å². The van der Waals surface area contributed by atoms with Gasteiger partial charge in [-0.2, -0.15) is 0 Å². The van der Waals surface area contributed by atoms with Crippen LogP contribution in [0, 0.1) is 13.8 Å². The van der Waals surface area contributed by atoms with Crippen LogP contribution in [0.15, 0.2) is 67.1 Å². The number of imidazole rings is 1. The van der Waals surface area contributed by atoms with Crippen molar-refractivity contribution in [2.75, 3.05) is 4.90 Å². The van der Waals surface area contributed by atoms with Gasteiger partial charge >= 0.3 is 0 Å². The van der Waals surface area contributed by atoms with Gasteiger partial charge in [-0.3, -0.25) is 19.1 Å². The number of hydrogen-bond donors (Lipinski definition) is 0. The number of pyridine rings is 2. The molecule has 4 heterocycles. The van der Waals surface area contributed by atoms with Crippen molar-refractivity contribution in [3.8, 4) is 0 Å². The van der Waals surface area contributed by atoms with Crippen LogP contribution in [0.25, 0.3) is 15.9 Å². The fraction of sp³-hybridized carbons (Fsp3) is 0.130. The molecule has 0 fully saturated rings. The average Bonchev–Trinajstić information content (AvgIpc) is 3.31. The fourth-order valence-corrected chi connectivity index (χ4v) is 4.60. The number of carbonyl (C=O) groups excluding carboxylic acids is 1. The summed E-state index contributed by atoms with van der Waals surface area (Å²) in [6.45, 7) is 4.30. The van der Waals surface area contributed by atoms with Crippen LogP contribution in [-0.4, -0.2) is 25.3 Å². The summed E-state index contributed by atoms with van der Waals surface area (Å²) in [5.74, 6) is -0.133. The number of carbonyl (C=O) groups is 1. The highest BCUT2D eigenvalue weighted by atomic mass is 32.1. The zero-order chi connectivity index (χ0) is 20.7. The molecule has 0 bridgehead atoms. The first kappa shape index (κ1) is 18.4. The Balaban J connectivity index is 1.64. The SMILES string of the molecule is Cc1ccc2nc(N(Cc3cccnc3)C(=O)c3c(C)nc4ccccn34)sc2c1. The van der Waals surface area contributed by atoms with Gasteiger partial charge in [0.15, 0.2) is 5.13 Å². The van der Waals surface area contributed by atoms with Gasteiger partial charge in [0, 0.05) is 18.6 Å². The minimum atomic E-state index is -0.133. The summed E-state index contributed by atoms with van der Waals surface area (Å²) in [6.07, 6.45) is 5.37. The number of benzene rings is 1. The molecule has 5 aromatic rings. The van der Waals surface area contributed by atoms with Crippen molar-refractivity contribution in [1.29, 1.82) is 0 Å². The van der Waals surface area contributed by atoms with Gasteiger partial charge in [0.1, 0.15) is 11.3 Å². The van der Waals surface area contributed by atoms with Gasteiger partial charge in [-0.15, -0.1) is 0 Å². The molecule has 148 valence electrons. The van der Waals surface area contributed by atoms with E-state index in [1.807, 2.05) is 60.0 Å². The second-order valence-electron chi connectivity index (χ2n) is 7.19. The van der Waals surface area contributed by atoms with Crippen LogP contribution in [0.1, 0.15) is 27.3 Å². The third-order valence-corrected chi connectivity index (χ3v) is 6.02. The summed E-state index contributed by atoms with van der Waals surface area (Å²) in [4.78, 5) is 29.0. The highest BCUT2D eigenvalue weighted by Crippen LogP contribution is 2.32. The van der Waals surface area contributed by atoms with E-state index in [1.165, 1.54) is 16.9 Å². The monoisotopic (exact) mass is 413 g/mol. The summed E-state index contributed by atoms with van der Waals surface area (Å²) in [5.41, 5.74) is 4.98. The number of nitrogens with zero attached hydrogens (tertiary/aromatic N) is 5. The van der Waals surface area contributed by atoms with Crippen molar-refractivity contribution < 1.29 is 4.79 Å². The maximum Gasteiger partial charge on any atom is 0.279 e. The molecule has 1 aromatic carbocycles. The molecule has 0 radical (unpaired) electrons. The first-order valence-electron chi connectivity index (χ1n) is 9.62. The Hall–Kier alpha value is -3.58. The topological polar surface area (TPSA) is 63.4 Å². The van der Waals surface area contributed by atoms with Crippen molar-refractivity contribution in [2.24, 2.45) is 0 Å². The van der Waals surface area contributed by atoms with Gasteiger partial charge in [0.2, 0.25) is 0 Å². The van der Waals surface area contributed by atoms with E-state index in [0.29, 0.717) is 23.1 Å². The van der Waals surface area contributed by atoms with Crippen LogP contribution < -0.4 is 4.90 Å². The first-order valence-corrected chi connectivity index (χ1v) is 10.4.